The zero-order valence-electron chi connectivity index (χ0n) is 15.0. The highest BCUT2D eigenvalue weighted by Crippen LogP contribution is 2.60. The molecule has 1 heterocycles. The summed E-state index contributed by atoms with van der Waals surface area (Å²) in [6, 6.07) is 0. The Morgan fingerprint density at radius 1 is 0.957 bits per heavy atom. The molecule has 0 atom stereocenters. The Kier molecular flexibility index (Phi) is 2.90. The Bertz CT molecular complexity index is 582. The zero-order chi connectivity index (χ0) is 15.8. The summed E-state index contributed by atoms with van der Waals surface area (Å²) in [7, 11) is 0. The molecule has 0 radical (unpaired) electrons. The van der Waals surface area contributed by atoms with E-state index in [1.54, 1.807) is 0 Å². The lowest BCUT2D eigenvalue weighted by Gasteiger charge is -2.56. The molecule has 1 aromatic rings. The van der Waals surface area contributed by atoms with Crippen LogP contribution in [0.15, 0.2) is 0 Å². The maximum absolute atomic E-state index is 4.86. The van der Waals surface area contributed by atoms with Gasteiger partial charge >= 0.3 is 0 Å². The molecule has 3 nitrogen and oxygen atoms in total. The van der Waals surface area contributed by atoms with Gasteiger partial charge in [-0.25, -0.2) is 0 Å². The zero-order valence-corrected chi connectivity index (χ0v) is 15.0. The van der Waals surface area contributed by atoms with Crippen LogP contribution in [0.1, 0.15) is 89.7 Å². The fourth-order valence-corrected chi connectivity index (χ4v) is 6.37. The summed E-state index contributed by atoms with van der Waals surface area (Å²) in [5.41, 5.74) is 0.670. The average molecular weight is 313 g/mol. The van der Waals surface area contributed by atoms with Crippen LogP contribution in [0.4, 0.5) is 0 Å². The van der Waals surface area contributed by atoms with Crippen molar-refractivity contribution in [2.45, 2.75) is 90.0 Å². The van der Waals surface area contributed by atoms with E-state index in [1.165, 1.54) is 63.0 Å². The summed E-state index contributed by atoms with van der Waals surface area (Å²) in [5.74, 6) is 6.33. The summed E-state index contributed by atoms with van der Waals surface area (Å²) in [5, 5.41) is 9.60. The van der Waals surface area contributed by atoms with E-state index >= 15 is 0 Å². The van der Waals surface area contributed by atoms with Gasteiger partial charge in [-0.3, -0.25) is 0 Å². The Hall–Kier alpha value is -0.860. The predicted molar refractivity (Wildman–Crippen MR) is 91.3 cm³/mol. The fraction of sp³-hybridized carbons (Fsp3) is 0.900. The molecule has 6 rings (SSSR count). The van der Waals surface area contributed by atoms with Crippen LogP contribution in [0.5, 0.6) is 0 Å². The first-order valence-corrected chi connectivity index (χ1v) is 9.85. The Labute approximate surface area is 140 Å². The number of nitrogens with zero attached hydrogens (tertiary/aromatic N) is 3. The molecule has 5 saturated carbocycles. The third kappa shape index (κ3) is 2.37. The van der Waals surface area contributed by atoms with Gasteiger partial charge in [-0.1, -0.05) is 20.8 Å². The first-order chi connectivity index (χ1) is 10.9. The van der Waals surface area contributed by atoms with Crippen molar-refractivity contribution < 1.29 is 0 Å². The van der Waals surface area contributed by atoms with E-state index in [9.17, 15) is 0 Å². The van der Waals surface area contributed by atoms with Crippen molar-refractivity contribution >= 4 is 0 Å². The maximum Gasteiger partial charge on any atom is 0.139 e. The van der Waals surface area contributed by atoms with Crippen molar-refractivity contribution in [3.63, 3.8) is 0 Å². The summed E-state index contributed by atoms with van der Waals surface area (Å²) >= 11 is 0. The number of hydrogen-bond donors (Lipinski definition) is 0. The lowest BCUT2D eigenvalue weighted by molar-refractivity contribution is -0.0118. The standard InChI is InChI=1S/C20H31N3/c1-19(2,3)12-23-17(16-4-5-16)21-22-18(23)20-9-13-6-14(10-20)8-15(7-13)11-20/h13-16H,4-12H2,1-3H3. The lowest BCUT2D eigenvalue weighted by atomic mass is 9.49. The highest BCUT2D eigenvalue weighted by atomic mass is 15.3. The van der Waals surface area contributed by atoms with Gasteiger partial charge in [0.05, 0.1) is 0 Å². The molecule has 3 heteroatoms. The minimum Gasteiger partial charge on any atom is -0.314 e. The Morgan fingerprint density at radius 3 is 2.00 bits per heavy atom. The monoisotopic (exact) mass is 313 g/mol. The molecule has 1 aromatic heterocycles. The molecular formula is C20H31N3. The molecule has 0 amide bonds. The van der Waals surface area contributed by atoms with Crippen LogP contribution in [0.25, 0.3) is 0 Å². The van der Waals surface area contributed by atoms with Gasteiger partial charge in [0.1, 0.15) is 11.6 Å². The highest BCUT2D eigenvalue weighted by Gasteiger charge is 2.54. The third-order valence-corrected chi connectivity index (χ3v) is 6.87. The van der Waals surface area contributed by atoms with Gasteiger partial charge in [0.2, 0.25) is 0 Å². The summed E-state index contributed by atoms with van der Waals surface area (Å²) in [6.45, 7) is 8.15. The SMILES string of the molecule is CC(C)(C)Cn1c(C2CC2)nnc1C12CC3CC(CC(C3)C1)C2. The molecule has 5 fully saturated rings. The van der Waals surface area contributed by atoms with E-state index in [0.717, 1.165) is 24.3 Å². The maximum atomic E-state index is 4.86. The molecular weight excluding hydrogens is 282 g/mol. The van der Waals surface area contributed by atoms with Crippen molar-refractivity contribution in [1.29, 1.82) is 0 Å². The van der Waals surface area contributed by atoms with Crippen LogP contribution in [-0.4, -0.2) is 14.8 Å². The molecule has 0 aromatic carbocycles. The van der Waals surface area contributed by atoms with Crippen LogP contribution in [0, 0.1) is 23.2 Å². The number of aromatic nitrogens is 3. The van der Waals surface area contributed by atoms with Crippen LogP contribution in [0.3, 0.4) is 0 Å². The van der Waals surface area contributed by atoms with E-state index in [4.69, 9.17) is 10.2 Å². The van der Waals surface area contributed by atoms with Crippen LogP contribution < -0.4 is 0 Å². The smallest absolute Gasteiger partial charge is 0.139 e. The molecule has 0 unspecified atom stereocenters. The second kappa shape index (κ2) is 4.61. The second-order valence-electron chi connectivity index (χ2n) is 10.5. The molecule has 23 heavy (non-hydrogen) atoms. The predicted octanol–water partition coefficient (Wildman–Crippen LogP) is 4.67. The summed E-state index contributed by atoms with van der Waals surface area (Å²) in [6.07, 6.45) is 11.3. The van der Waals surface area contributed by atoms with Crippen LogP contribution in [-0.2, 0) is 12.0 Å². The average Bonchev–Trinajstić information content (AvgIpc) is 3.17. The van der Waals surface area contributed by atoms with Gasteiger partial charge in [0, 0.05) is 17.9 Å². The fourth-order valence-electron chi connectivity index (χ4n) is 6.37. The van der Waals surface area contributed by atoms with Crippen LogP contribution >= 0.6 is 0 Å². The number of hydrogen-bond acceptors (Lipinski definition) is 2. The third-order valence-electron chi connectivity index (χ3n) is 6.87. The second-order valence-corrected chi connectivity index (χ2v) is 10.5. The Morgan fingerprint density at radius 2 is 1.52 bits per heavy atom. The molecule has 5 aliphatic rings. The van der Waals surface area contributed by atoms with Gasteiger partial charge in [-0.15, -0.1) is 10.2 Å². The van der Waals surface area contributed by atoms with Gasteiger partial charge in [0.25, 0.3) is 0 Å². The van der Waals surface area contributed by atoms with Crippen molar-refractivity contribution in [2.24, 2.45) is 23.2 Å². The summed E-state index contributed by atoms with van der Waals surface area (Å²) < 4.78 is 2.59. The van der Waals surface area contributed by atoms with E-state index in [0.29, 0.717) is 16.7 Å². The minimum atomic E-state index is 0.295. The minimum absolute atomic E-state index is 0.295. The quantitative estimate of drug-likeness (QED) is 0.812. The number of rotatable bonds is 3. The summed E-state index contributed by atoms with van der Waals surface area (Å²) in [4.78, 5) is 0. The van der Waals surface area contributed by atoms with E-state index in [1.807, 2.05) is 0 Å². The normalized spacial score (nSPS) is 39.2. The lowest BCUT2D eigenvalue weighted by Crippen LogP contribution is -2.50. The van der Waals surface area contributed by atoms with Crippen molar-refractivity contribution in [2.75, 3.05) is 0 Å². The molecule has 0 aliphatic heterocycles. The first-order valence-electron chi connectivity index (χ1n) is 9.85. The van der Waals surface area contributed by atoms with Gasteiger partial charge in [-0.2, -0.15) is 0 Å². The Balaban J connectivity index is 1.57. The van der Waals surface area contributed by atoms with E-state index < -0.39 is 0 Å². The van der Waals surface area contributed by atoms with Gasteiger partial charge in [-0.05, 0) is 74.5 Å². The largest absolute Gasteiger partial charge is 0.314 e. The van der Waals surface area contributed by atoms with Gasteiger partial charge < -0.3 is 4.57 Å². The molecule has 0 saturated heterocycles. The van der Waals surface area contributed by atoms with Crippen molar-refractivity contribution in [1.82, 2.24) is 14.8 Å². The molecule has 0 spiro atoms. The topological polar surface area (TPSA) is 30.7 Å². The van der Waals surface area contributed by atoms with E-state index in [2.05, 4.69) is 25.3 Å². The van der Waals surface area contributed by atoms with Crippen molar-refractivity contribution in [3.05, 3.63) is 11.6 Å². The molecule has 0 N–H and O–H groups in total. The molecule has 5 aliphatic carbocycles. The van der Waals surface area contributed by atoms with Crippen molar-refractivity contribution in [3.8, 4) is 0 Å². The first kappa shape index (κ1) is 14.5. The highest BCUT2D eigenvalue weighted by molar-refractivity contribution is 5.21. The van der Waals surface area contributed by atoms with E-state index in [-0.39, 0.29) is 0 Å². The molecule has 126 valence electrons. The molecule has 4 bridgehead atoms. The van der Waals surface area contributed by atoms with Crippen LogP contribution in [0.2, 0.25) is 0 Å². The van der Waals surface area contributed by atoms with Gasteiger partial charge in [0.15, 0.2) is 0 Å².